The molecule has 7 heteroatoms. The molecule has 0 heterocycles. The Kier molecular flexibility index (Phi) is 7.13. The summed E-state index contributed by atoms with van der Waals surface area (Å²) in [4.78, 5) is 0. The molecule has 1 nitrogen and oxygen atoms in total. The number of benzene rings is 4. The van der Waals surface area contributed by atoms with E-state index in [0.29, 0.717) is 36.0 Å². The van der Waals surface area contributed by atoms with E-state index in [1.165, 1.54) is 31.4 Å². The molecule has 35 heavy (non-hydrogen) atoms. The van der Waals surface area contributed by atoms with Crippen LogP contribution >= 0.6 is 0 Å². The second-order valence-electron chi connectivity index (χ2n) is 7.89. The van der Waals surface area contributed by atoms with E-state index in [-0.39, 0.29) is 10.9 Å². The first-order valence-corrected chi connectivity index (χ1v) is 10.6. The molecule has 0 fully saturated rings. The minimum atomic E-state index is -1.09. The highest BCUT2D eigenvalue weighted by Crippen LogP contribution is 2.30. The standard InChI is InChI=1S/C28H18F6O/c1-35-10-2-3-17-12-25(32)27(26(33)13-17)19-14-23(30)21(24(31)15-19)8-5-16-4-7-20-18(11-16)6-9-22(29)28(20)34/h4,6-7,9,11-15H,2-3,10H2,1H3. The van der Waals surface area contributed by atoms with Crippen molar-refractivity contribution in [2.45, 2.75) is 12.8 Å². The van der Waals surface area contributed by atoms with Crippen molar-refractivity contribution in [3.8, 4) is 23.0 Å². The second-order valence-corrected chi connectivity index (χ2v) is 7.89. The Bertz CT molecular complexity index is 1440. The Morgan fingerprint density at radius 2 is 1.40 bits per heavy atom. The lowest BCUT2D eigenvalue weighted by Crippen LogP contribution is -1.99. The molecule has 0 aromatic heterocycles. The largest absolute Gasteiger partial charge is 0.385 e. The van der Waals surface area contributed by atoms with Crippen LogP contribution in [0.15, 0.2) is 54.6 Å². The van der Waals surface area contributed by atoms with Crippen LogP contribution in [0.25, 0.3) is 21.9 Å². The van der Waals surface area contributed by atoms with Crippen molar-refractivity contribution in [1.82, 2.24) is 0 Å². The topological polar surface area (TPSA) is 9.23 Å². The summed E-state index contributed by atoms with van der Waals surface area (Å²) >= 11 is 0. The zero-order chi connectivity index (χ0) is 25.1. The predicted octanol–water partition coefficient (Wildman–Crippen LogP) is 7.32. The van der Waals surface area contributed by atoms with Crippen molar-refractivity contribution in [3.63, 3.8) is 0 Å². The van der Waals surface area contributed by atoms with Crippen LogP contribution < -0.4 is 0 Å². The van der Waals surface area contributed by atoms with Crippen LogP contribution in [0.1, 0.15) is 23.1 Å². The number of hydrogen-bond acceptors (Lipinski definition) is 1. The van der Waals surface area contributed by atoms with E-state index in [9.17, 15) is 26.3 Å². The van der Waals surface area contributed by atoms with Gasteiger partial charge in [-0.1, -0.05) is 24.0 Å². The third-order valence-electron chi connectivity index (χ3n) is 5.49. The molecule has 0 aliphatic heterocycles. The Morgan fingerprint density at radius 1 is 0.714 bits per heavy atom. The minimum absolute atomic E-state index is 0.0473. The highest BCUT2D eigenvalue weighted by Gasteiger charge is 2.18. The smallest absolute Gasteiger partial charge is 0.166 e. The van der Waals surface area contributed by atoms with Gasteiger partial charge in [0.25, 0.3) is 0 Å². The molecule has 0 amide bonds. The molecule has 178 valence electrons. The number of methoxy groups -OCH3 is 1. The lowest BCUT2D eigenvalue weighted by molar-refractivity contribution is 0.195. The molecule has 4 rings (SSSR count). The first-order valence-electron chi connectivity index (χ1n) is 10.6. The van der Waals surface area contributed by atoms with E-state index in [4.69, 9.17) is 4.74 Å². The summed E-state index contributed by atoms with van der Waals surface area (Å²) in [5, 5.41) is 0.412. The lowest BCUT2D eigenvalue weighted by atomic mass is 9.98. The van der Waals surface area contributed by atoms with Gasteiger partial charge in [-0.2, -0.15) is 0 Å². The molecule has 0 bridgehead atoms. The molecule has 4 aromatic carbocycles. The highest BCUT2D eigenvalue weighted by molar-refractivity contribution is 5.84. The predicted molar refractivity (Wildman–Crippen MR) is 122 cm³/mol. The van der Waals surface area contributed by atoms with Gasteiger partial charge in [-0.25, -0.2) is 26.3 Å². The molecule has 0 unspecified atom stereocenters. The van der Waals surface area contributed by atoms with Gasteiger partial charge in [-0.15, -0.1) is 0 Å². The number of ether oxygens (including phenoxy) is 1. The Hall–Kier alpha value is -3.76. The van der Waals surface area contributed by atoms with Gasteiger partial charge in [0.2, 0.25) is 0 Å². The monoisotopic (exact) mass is 484 g/mol. The zero-order valence-electron chi connectivity index (χ0n) is 18.5. The molecule has 0 atom stereocenters. The molecular weight excluding hydrogens is 466 g/mol. The average Bonchev–Trinajstić information content (AvgIpc) is 2.81. The van der Waals surface area contributed by atoms with Gasteiger partial charge in [0.1, 0.15) is 23.3 Å². The van der Waals surface area contributed by atoms with Crippen molar-refractivity contribution in [2.75, 3.05) is 13.7 Å². The summed E-state index contributed by atoms with van der Waals surface area (Å²) in [6.07, 6.45) is 0.948. The van der Waals surface area contributed by atoms with E-state index in [1.54, 1.807) is 0 Å². The van der Waals surface area contributed by atoms with Crippen LogP contribution in [0, 0.1) is 46.7 Å². The third-order valence-corrected chi connectivity index (χ3v) is 5.49. The highest BCUT2D eigenvalue weighted by atomic mass is 19.2. The van der Waals surface area contributed by atoms with E-state index < -0.39 is 46.0 Å². The fraction of sp³-hybridized carbons (Fsp3) is 0.143. The van der Waals surface area contributed by atoms with E-state index in [0.717, 1.165) is 30.3 Å². The Morgan fingerprint density at radius 3 is 2.06 bits per heavy atom. The van der Waals surface area contributed by atoms with Crippen LogP contribution in [0.5, 0.6) is 0 Å². The molecule has 0 N–H and O–H groups in total. The summed E-state index contributed by atoms with van der Waals surface area (Å²) < 4.78 is 90.8. The fourth-order valence-corrected chi connectivity index (χ4v) is 3.78. The average molecular weight is 484 g/mol. The minimum Gasteiger partial charge on any atom is -0.385 e. The molecule has 0 saturated carbocycles. The Labute approximate surface area is 198 Å². The first kappa shape index (κ1) is 24.4. The molecule has 0 saturated heterocycles. The Balaban J connectivity index is 1.65. The number of halogens is 6. The lowest BCUT2D eigenvalue weighted by Gasteiger charge is -2.10. The molecule has 4 aromatic rings. The van der Waals surface area contributed by atoms with Gasteiger partial charge in [0.05, 0.1) is 11.1 Å². The molecular formula is C28H18F6O. The van der Waals surface area contributed by atoms with Gasteiger partial charge in [0, 0.05) is 24.7 Å². The maximum absolute atomic E-state index is 14.7. The number of aryl methyl sites for hydroxylation is 1. The maximum atomic E-state index is 14.7. The van der Waals surface area contributed by atoms with Crippen molar-refractivity contribution in [2.24, 2.45) is 0 Å². The van der Waals surface area contributed by atoms with Gasteiger partial charge < -0.3 is 4.74 Å². The molecule has 0 aliphatic rings. The summed E-state index contributed by atoms with van der Waals surface area (Å²) in [6.45, 7) is 0.429. The number of hydrogen-bond donors (Lipinski definition) is 0. The molecule has 0 radical (unpaired) electrons. The van der Waals surface area contributed by atoms with Crippen LogP contribution in [-0.2, 0) is 11.2 Å². The van der Waals surface area contributed by atoms with Gasteiger partial charge in [0.15, 0.2) is 11.6 Å². The number of fused-ring (bicyclic) bond motifs is 1. The van der Waals surface area contributed by atoms with Crippen molar-refractivity contribution in [1.29, 1.82) is 0 Å². The zero-order valence-corrected chi connectivity index (χ0v) is 18.5. The summed E-state index contributed by atoms with van der Waals surface area (Å²) in [7, 11) is 1.52. The first-order chi connectivity index (χ1) is 16.8. The van der Waals surface area contributed by atoms with Crippen LogP contribution in [0.4, 0.5) is 26.3 Å². The summed E-state index contributed by atoms with van der Waals surface area (Å²) in [5.41, 5.74) is -0.709. The van der Waals surface area contributed by atoms with Gasteiger partial charge >= 0.3 is 0 Å². The van der Waals surface area contributed by atoms with E-state index in [1.807, 2.05) is 0 Å². The normalized spacial score (nSPS) is 10.9. The van der Waals surface area contributed by atoms with E-state index >= 15 is 0 Å². The van der Waals surface area contributed by atoms with Crippen molar-refractivity contribution in [3.05, 3.63) is 106 Å². The van der Waals surface area contributed by atoms with E-state index in [2.05, 4.69) is 11.8 Å². The van der Waals surface area contributed by atoms with Gasteiger partial charge in [-0.3, -0.25) is 0 Å². The fourth-order valence-electron chi connectivity index (χ4n) is 3.78. The summed E-state index contributed by atoms with van der Waals surface area (Å²) in [5.74, 6) is -1.11. The number of rotatable bonds is 5. The summed E-state index contributed by atoms with van der Waals surface area (Å²) in [6, 6.07) is 10.4. The molecule has 0 spiro atoms. The van der Waals surface area contributed by atoms with Crippen LogP contribution in [0.3, 0.4) is 0 Å². The quantitative estimate of drug-likeness (QED) is 0.164. The van der Waals surface area contributed by atoms with Gasteiger partial charge in [-0.05, 0) is 71.8 Å². The maximum Gasteiger partial charge on any atom is 0.166 e. The van der Waals surface area contributed by atoms with Crippen LogP contribution in [-0.4, -0.2) is 13.7 Å². The molecule has 0 aliphatic carbocycles. The SMILES string of the molecule is COCCCc1cc(F)c(-c2cc(F)c(C#Cc3ccc4c(F)c(F)ccc4c3)c(F)c2)c(F)c1. The second kappa shape index (κ2) is 10.2. The third kappa shape index (κ3) is 5.18. The van der Waals surface area contributed by atoms with Crippen LogP contribution in [0.2, 0.25) is 0 Å². The van der Waals surface area contributed by atoms with Crippen molar-refractivity contribution >= 4 is 10.8 Å². The van der Waals surface area contributed by atoms with Crippen molar-refractivity contribution < 1.29 is 31.1 Å².